The van der Waals surface area contributed by atoms with Crippen LogP contribution in [0.1, 0.15) is 6.42 Å². The van der Waals surface area contributed by atoms with Gasteiger partial charge in [-0.15, -0.1) is 12.4 Å². The first-order chi connectivity index (χ1) is 11.6. The van der Waals surface area contributed by atoms with Gasteiger partial charge in [-0.2, -0.15) is 0 Å². The van der Waals surface area contributed by atoms with Gasteiger partial charge >= 0.3 is 5.97 Å². The van der Waals surface area contributed by atoms with E-state index in [1.54, 1.807) is 4.90 Å². The van der Waals surface area contributed by atoms with E-state index in [9.17, 15) is 18.0 Å². The van der Waals surface area contributed by atoms with Crippen molar-refractivity contribution in [1.29, 1.82) is 0 Å². The zero-order valence-electron chi connectivity index (χ0n) is 14.3. The predicted octanol–water partition coefficient (Wildman–Crippen LogP) is 1.36. The van der Waals surface area contributed by atoms with Gasteiger partial charge in [0.2, 0.25) is 15.9 Å². The van der Waals surface area contributed by atoms with Crippen LogP contribution in [0.3, 0.4) is 0 Å². The molecule has 0 bridgehead atoms. The zero-order chi connectivity index (χ0) is 18.8. The Morgan fingerprint density at radius 2 is 2.04 bits per heavy atom. The van der Waals surface area contributed by atoms with Crippen molar-refractivity contribution in [2.75, 3.05) is 39.0 Å². The predicted molar refractivity (Wildman–Crippen MR) is 100 cm³/mol. The Hall–Kier alpha value is -1.39. The van der Waals surface area contributed by atoms with Crippen LogP contribution in [0.2, 0.25) is 5.02 Å². The van der Waals surface area contributed by atoms with E-state index in [0.717, 1.165) is 4.31 Å². The lowest BCUT2D eigenvalue weighted by Gasteiger charge is -2.16. The second-order valence-electron chi connectivity index (χ2n) is 6.04. The second kappa shape index (κ2) is 9.01. The maximum absolute atomic E-state index is 12.2. The molecule has 1 aromatic rings. The molecule has 1 fully saturated rings. The van der Waals surface area contributed by atoms with Gasteiger partial charge in [0.25, 0.3) is 0 Å². The third kappa shape index (κ3) is 5.31. The van der Waals surface area contributed by atoms with Crippen molar-refractivity contribution >= 4 is 51.6 Å². The van der Waals surface area contributed by atoms with E-state index in [2.05, 4.69) is 5.32 Å². The molecule has 0 radical (unpaired) electrons. The average Bonchev–Trinajstić information content (AvgIpc) is 2.97. The fourth-order valence-corrected chi connectivity index (χ4v) is 3.95. The minimum Gasteiger partial charge on any atom is -0.481 e. The lowest BCUT2D eigenvalue weighted by atomic mass is 10.1. The van der Waals surface area contributed by atoms with Gasteiger partial charge in [0.1, 0.15) is 4.90 Å². The highest BCUT2D eigenvalue weighted by molar-refractivity contribution is 7.89. The molecule has 1 atom stereocenters. The number of anilines is 1. The summed E-state index contributed by atoms with van der Waals surface area (Å²) in [5, 5.41) is 11.7. The average molecular weight is 426 g/mol. The van der Waals surface area contributed by atoms with Gasteiger partial charge in [0.15, 0.2) is 0 Å². The fourth-order valence-electron chi connectivity index (χ4n) is 2.56. The monoisotopic (exact) mass is 425 g/mol. The first-order valence-corrected chi connectivity index (χ1v) is 9.40. The molecular weight excluding hydrogens is 405 g/mol. The standard InChI is InChI=1S/C15H20ClN3O5S.ClH/c1-18(2)25(23,24)13-7-11(3-4-12(13)16)17-14(20)9-19-6-5-10(8-19)15(21)22;/h3-4,7,10H,5-6,8-9H2,1-2H3,(H,17,20)(H,21,22);1H. The third-order valence-electron chi connectivity index (χ3n) is 3.96. The highest BCUT2D eigenvalue weighted by Gasteiger charge is 2.29. The largest absolute Gasteiger partial charge is 0.481 e. The number of hydrogen-bond donors (Lipinski definition) is 2. The number of likely N-dealkylation sites (tertiary alicyclic amines) is 1. The highest BCUT2D eigenvalue weighted by atomic mass is 35.5. The molecule has 1 heterocycles. The van der Waals surface area contributed by atoms with Crippen LogP contribution >= 0.6 is 24.0 Å². The van der Waals surface area contributed by atoms with Gasteiger partial charge in [-0.05, 0) is 31.2 Å². The number of carbonyl (C=O) groups excluding carboxylic acids is 1. The molecule has 1 saturated heterocycles. The van der Waals surface area contributed by atoms with Crippen LogP contribution in [-0.4, -0.2) is 68.3 Å². The quantitative estimate of drug-likeness (QED) is 0.712. The number of carbonyl (C=O) groups is 2. The number of hydrogen-bond acceptors (Lipinski definition) is 5. The van der Waals surface area contributed by atoms with Gasteiger partial charge in [0.05, 0.1) is 17.5 Å². The van der Waals surface area contributed by atoms with Crippen LogP contribution in [0.25, 0.3) is 0 Å². The topological polar surface area (TPSA) is 107 Å². The summed E-state index contributed by atoms with van der Waals surface area (Å²) in [4.78, 5) is 24.7. The number of nitrogens with one attached hydrogen (secondary N) is 1. The van der Waals surface area contributed by atoms with Gasteiger partial charge in [-0.1, -0.05) is 11.6 Å². The lowest BCUT2D eigenvalue weighted by Crippen LogP contribution is -2.32. The van der Waals surface area contributed by atoms with Crippen LogP contribution < -0.4 is 5.32 Å². The first kappa shape index (κ1) is 22.7. The van der Waals surface area contributed by atoms with Crippen LogP contribution in [0, 0.1) is 5.92 Å². The second-order valence-corrected chi connectivity index (χ2v) is 8.57. The van der Waals surface area contributed by atoms with Crippen molar-refractivity contribution in [3.05, 3.63) is 23.2 Å². The van der Waals surface area contributed by atoms with Gasteiger partial charge < -0.3 is 10.4 Å². The molecule has 0 saturated carbocycles. The molecule has 26 heavy (non-hydrogen) atoms. The smallest absolute Gasteiger partial charge is 0.307 e. The number of halogens is 2. The van der Waals surface area contributed by atoms with Crippen LogP contribution in [0.15, 0.2) is 23.1 Å². The Balaban J connectivity index is 0.00000338. The Kier molecular flexibility index (Phi) is 7.85. The maximum Gasteiger partial charge on any atom is 0.307 e. The molecule has 2 N–H and O–H groups in total. The molecule has 11 heteroatoms. The van der Waals surface area contributed by atoms with E-state index < -0.39 is 21.9 Å². The molecular formula is C15H21Cl2N3O5S. The van der Waals surface area contributed by atoms with Gasteiger partial charge in [-0.25, -0.2) is 12.7 Å². The number of aliphatic carboxylic acids is 1. The summed E-state index contributed by atoms with van der Waals surface area (Å²) in [5.41, 5.74) is 0.309. The Morgan fingerprint density at radius 1 is 1.38 bits per heavy atom. The SMILES string of the molecule is CN(C)S(=O)(=O)c1cc(NC(=O)CN2CCC(C(=O)O)C2)ccc1Cl.Cl. The number of benzene rings is 1. The molecule has 2 rings (SSSR count). The van der Waals surface area contributed by atoms with Crippen molar-refractivity contribution < 1.29 is 23.1 Å². The number of sulfonamides is 1. The molecule has 146 valence electrons. The van der Waals surface area contributed by atoms with Crippen molar-refractivity contribution in [2.24, 2.45) is 5.92 Å². The number of carboxylic acids is 1. The van der Waals surface area contributed by atoms with Crippen molar-refractivity contribution in [2.45, 2.75) is 11.3 Å². The number of nitrogens with zero attached hydrogens (tertiary/aromatic N) is 2. The van der Waals surface area contributed by atoms with E-state index in [0.29, 0.717) is 25.2 Å². The molecule has 1 aliphatic heterocycles. The maximum atomic E-state index is 12.2. The minimum absolute atomic E-state index is 0. The molecule has 1 amide bonds. The molecule has 1 unspecified atom stereocenters. The van der Waals surface area contributed by atoms with Gasteiger partial charge in [0, 0.05) is 26.3 Å². The molecule has 8 nitrogen and oxygen atoms in total. The van der Waals surface area contributed by atoms with Crippen molar-refractivity contribution in [3.8, 4) is 0 Å². The normalized spacial score (nSPS) is 17.8. The Labute approximate surface area is 163 Å². The lowest BCUT2D eigenvalue weighted by molar-refractivity contribution is -0.141. The minimum atomic E-state index is -3.73. The summed E-state index contributed by atoms with van der Waals surface area (Å²) in [6, 6.07) is 4.22. The Bertz CT molecular complexity index is 785. The Morgan fingerprint density at radius 3 is 2.58 bits per heavy atom. The molecule has 0 aromatic heterocycles. The summed E-state index contributed by atoms with van der Waals surface area (Å²) in [6.07, 6.45) is 0.509. The summed E-state index contributed by atoms with van der Waals surface area (Å²) >= 11 is 5.96. The van der Waals surface area contributed by atoms with Crippen molar-refractivity contribution in [1.82, 2.24) is 9.21 Å². The number of rotatable bonds is 6. The van der Waals surface area contributed by atoms with E-state index in [4.69, 9.17) is 16.7 Å². The van der Waals surface area contributed by atoms with E-state index in [1.807, 2.05) is 0 Å². The fraction of sp³-hybridized carbons (Fsp3) is 0.467. The summed E-state index contributed by atoms with van der Waals surface area (Å²) in [6.45, 7) is 0.900. The zero-order valence-corrected chi connectivity index (χ0v) is 16.7. The summed E-state index contributed by atoms with van der Waals surface area (Å²) < 4.78 is 25.5. The summed E-state index contributed by atoms with van der Waals surface area (Å²) in [5.74, 6) is -1.67. The van der Waals surface area contributed by atoms with Gasteiger partial charge in [-0.3, -0.25) is 14.5 Å². The number of carboxylic acid groups (broad SMARTS) is 1. The highest BCUT2D eigenvalue weighted by Crippen LogP contribution is 2.27. The summed E-state index contributed by atoms with van der Waals surface area (Å²) in [7, 11) is -0.947. The molecule has 0 aliphatic carbocycles. The van der Waals surface area contributed by atoms with Crippen molar-refractivity contribution in [3.63, 3.8) is 0 Å². The van der Waals surface area contributed by atoms with E-state index in [1.165, 1.54) is 32.3 Å². The first-order valence-electron chi connectivity index (χ1n) is 7.58. The van der Waals surface area contributed by atoms with E-state index in [-0.39, 0.29) is 34.8 Å². The van der Waals surface area contributed by atoms with E-state index >= 15 is 0 Å². The molecule has 1 aromatic carbocycles. The number of amides is 1. The van der Waals surface area contributed by atoms with Crippen LogP contribution in [0.5, 0.6) is 0 Å². The van der Waals surface area contributed by atoms with Crippen LogP contribution in [0.4, 0.5) is 5.69 Å². The third-order valence-corrected chi connectivity index (χ3v) is 6.26. The van der Waals surface area contributed by atoms with Crippen LogP contribution in [-0.2, 0) is 19.6 Å². The molecule has 1 aliphatic rings. The molecule has 0 spiro atoms.